The first-order chi connectivity index (χ1) is 9.90. The molecule has 2 aliphatic rings. The first-order valence-corrected chi connectivity index (χ1v) is 6.58. The van der Waals surface area contributed by atoms with E-state index in [2.05, 4.69) is 15.8 Å². The minimum atomic E-state index is -0.0855. The first kappa shape index (κ1) is 11.3. The van der Waals surface area contributed by atoms with Crippen molar-refractivity contribution in [2.45, 2.75) is 6.17 Å². The van der Waals surface area contributed by atoms with Crippen LogP contribution in [0, 0.1) is 0 Å². The van der Waals surface area contributed by atoms with Gasteiger partial charge in [-0.05, 0) is 24.3 Å². The SMILES string of the molecule is c1ccc(C2=NC(N3Nc4ccccc4N3)CO2)cc1. The van der Waals surface area contributed by atoms with E-state index in [1.807, 2.05) is 59.7 Å². The van der Waals surface area contributed by atoms with Crippen LogP contribution in [0.3, 0.4) is 0 Å². The number of anilines is 2. The Hall–Kier alpha value is -2.53. The molecular formula is C15H14N4O. The summed E-state index contributed by atoms with van der Waals surface area (Å²) in [6.07, 6.45) is -0.0855. The summed E-state index contributed by atoms with van der Waals surface area (Å²) in [7, 11) is 0. The van der Waals surface area contributed by atoms with Gasteiger partial charge in [0.15, 0.2) is 6.17 Å². The van der Waals surface area contributed by atoms with Gasteiger partial charge in [0, 0.05) is 5.56 Å². The molecule has 2 N–H and O–H groups in total. The van der Waals surface area contributed by atoms with E-state index in [0.29, 0.717) is 12.5 Å². The normalized spacial score (nSPS) is 20.6. The highest BCUT2D eigenvalue weighted by molar-refractivity contribution is 5.95. The number of hydrazine groups is 2. The van der Waals surface area contributed by atoms with Crippen LogP contribution in [0.25, 0.3) is 0 Å². The van der Waals surface area contributed by atoms with Gasteiger partial charge in [0.05, 0.1) is 11.4 Å². The number of para-hydroxylation sites is 2. The average Bonchev–Trinajstić information content (AvgIpc) is 3.14. The van der Waals surface area contributed by atoms with Gasteiger partial charge >= 0.3 is 0 Å². The molecule has 5 heteroatoms. The van der Waals surface area contributed by atoms with Crippen LogP contribution >= 0.6 is 0 Å². The molecule has 100 valence electrons. The molecule has 0 aliphatic carbocycles. The van der Waals surface area contributed by atoms with Crippen LogP contribution in [-0.2, 0) is 4.74 Å². The van der Waals surface area contributed by atoms with Gasteiger partial charge in [-0.1, -0.05) is 30.3 Å². The average molecular weight is 266 g/mol. The third kappa shape index (κ3) is 1.88. The highest BCUT2D eigenvalue weighted by Crippen LogP contribution is 2.29. The van der Waals surface area contributed by atoms with E-state index < -0.39 is 0 Å². The molecule has 0 radical (unpaired) electrons. The number of hydrogen-bond donors (Lipinski definition) is 2. The molecule has 1 atom stereocenters. The van der Waals surface area contributed by atoms with Crippen LogP contribution in [-0.4, -0.2) is 23.8 Å². The summed E-state index contributed by atoms with van der Waals surface area (Å²) in [4.78, 5) is 4.62. The maximum atomic E-state index is 5.69. The van der Waals surface area contributed by atoms with Crippen LogP contribution in [0.15, 0.2) is 59.6 Å². The standard InChI is InChI=1S/C15H14N4O/c1-2-6-11(7-3-1)15-16-14(10-20-15)19-17-12-8-4-5-9-13(12)18-19/h1-9,14,17-18H,10H2. The molecule has 4 rings (SSSR count). The fraction of sp³-hybridized carbons (Fsp3) is 0.133. The number of rotatable bonds is 2. The van der Waals surface area contributed by atoms with E-state index in [9.17, 15) is 0 Å². The van der Waals surface area contributed by atoms with E-state index in [4.69, 9.17) is 4.74 Å². The van der Waals surface area contributed by atoms with Gasteiger partial charge in [0.25, 0.3) is 0 Å². The van der Waals surface area contributed by atoms with Crippen molar-refractivity contribution < 1.29 is 4.74 Å². The Bertz CT molecular complexity index is 631. The molecular weight excluding hydrogens is 252 g/mol. The lowest BCUT2D eigenvalue weighted by Crippen LogP contribution is -2.39. The summed E-state index contributed by atoms with van der Waals surface area (Å²) in [5.74, 6) is 0.690. The Morgan fingerprint density at radius 2 is 1.60 bits per heavy atom. The number of nitrogens with zero attached hydrogens (tertiary/aromatic N) is 2. The second-order valence-corrected chi connectivity index (χ2v) is 4.73. The van der Waals surface area contributed by atoms with Crippen LogP contribution in [0.5, 0.6) is 0 Å². The molecule has 0 saturated heterocycles. The maximum absolute atomic E-state index is 5.69. The van der Waals surface area contributed by atoms with E-state index in [0.717, 1.165) is 16.9 Å². The molecule has 0 bridgehead atoms. The minimum absolute atomic E-state index is 0.0855. The van der Waals surface area contributed by atoms with Crippen LogP contribution in [0.2, 0.25) is 0 Å². The Balaban J connectivity index is 1.54. The summed E-state index contributed by atoms with van der Waals surface area (Å²) in [5, 5.41) is 1.88. The monoisotopic (exact) mass is 266 g/mol. The van der Waals surface area contributed by atoms with Crippen molar-refractivity contribution in [2.24, 2.45) is 4.99 Å². The van der Waals surface area contributed by atoms with E-state index in [1.165, 1.54) is 0 Å². The molecule has 5 nitrogen and oxygen atoms in total. The number of fused-ring (bicyclic) bond motifs is 1. The number of hydrogen-bond acceptors (Lipinski definition) is 5. The highest BCUT2D eigenvalue weighted by atomic mass is 16.5. The Labute approximate surface area is 116 Å². The molecule has 20 heavy (non-hydrogen) atoms. The van der Waals surface area contributed by atoms with Crippen molar-refractivity contribution in [3.63, 3.8) is 0 Å². The number of ether oxygens (including phenoxy) is 1. The van der Waals surface area contributed by atoms with Gasteiger partial charge in [-0.25, -0.2) is 4.99 Å². The smallest absolute Gasteiger partial charge is 0.218 e. The number of benzene rings is 2. The van der Waals surface area contributed by atoms with Crippen molar-refractivity contribution >= 4 is 17.3 Å². The summed E-state index contributed by atoms with van der Waals surface area (Å²) >= 11 is 0. The molecule has 2 aliphatic heterocycles. The second kappa shape index (κ2) is 4.54. The lowest BCUT2D eigenvalue weighted by molar-refractivity contribution is 0.222. The summed E-state index contributed by atoms with van der Waals surface area (Å²) in [6, 6.07) is 18.0. The first-order valence-electron chi connectivity index (χ1n) is 6.58. The zero-order chi connectivity index (χ0) is 13.4. The highest BCUT2D eigenvalue weighted by Gasteiger charge is 2.30. The van der Waals surface area contributed by atoms with Gasteiger partial charge in [0.2, 0.25) is 5.90 Å². The van der Waals surface area contributed by atoms with Crippen molar-refractivity contribution in [1.82, 2.24) is 5.12 Å². The fourth-order valence-corrected chi connectivity index (χ4v) is 2.35. The number of nitrogens with one attached hydrogen (secondary N) is 2. The largest absolute Gasteiger partial charge is 0.474 e. The van der Waals surface area contributed by atoms with Crippen LogP contribution < -0.4 is 10.9 Å². The minimum Gasteiger partial charge on any atom is -0.474 e. The lowest BCUT2D eigenvalue weighted by atomic mass is 10.2. The number of aliphatic imine (C=N–C) groups is 1. The Morgan fingerprint density at radius 3 is 2.30 bits per heavy atom. The molecule has 2 aromatic rings. The summed E-state index contributed by atoms with van der Waals surface area (Å²) in [6.45, 7) is 0.526. The molecule has 0 fully saturated rings. The van der Waals surface area contributed by atoms with Crippen molar-refractivity contribution in [3.8, 4) is 0 Å². The van der Waals surface area contributed by atoms with Gasteiger partial charge in [0.1, 0.15) is 6.61 Å². The molecule has 0 aromatic heterocycles. The fourth-order valence-electron chi connectivity index (χ4n) is 2.35. The second-order valence-electron chi connectivity index (χ2n) is 4.73. The molecule has 2 aromatic carbocycles. The third-order valence-electron chi connectivity index (χ3n) is 3.36. The van der Waals surface area contributed by atoms with Gasteiger partial charge in [-0.3, -0.25) is 10.9 Å². The topological polar surface area (TPSA) is 48.9 Å². The molecule has 2 heterocycles. The van der Waals surface area contributed by atoms with Crippen molar-refractivity contribution in [1.29, 1.82) is 0 Å². The molecule has 1 unspecified atom stereocenters. The van der Waals surface area contributed by atoms with Gasteiger partial charge in [-0.2, -0.15) is 0 Å². The van der Waals surface area contributed by atoms with Crippen molar-refractivity contribution in [3.05, 3.63) is 60.2 Å². The zero-order valence-corrected chi connectivity index (χ0v) is 10.8. The quantitative estimate of drug-likeness (QED) is 0.876. The van der Waals surface area contributed by atoms with Crippen LogP contribution in [0.1, 0.15) is 5.56 Å². The van der Waals surface area contributed by atoms with Crippen LogP contribution in [0.4, 0.5) is 11.4 Å². The van der Waals surface area contributed by atoms with E-state index in [1.54, 1.807) is 0 Å². The predicted octanol–water partition coefficient (Wildman–Crippen LogP) is 2.46. The lowest BCUT2D eigenvalue weighted by Gasteiger charge is -2.19. The van der Waals surface area contributed by atoms with E-state index >= 15 is 0 Å². The maximum Gasteiger partial charge on any atom is 0.218 e. The molecule has 0 saturated carbocycles. The van der Waals surface area contributed by atoms with E-state index in [-0.39, 0.29) is 6.17 Å². The third-order valence-corrected chi connectivity index (χ3v) is 3.36. The summed E-state index contributed by atoms with van der Waals surface area (Å²) < 4.78 is 5.69. The molecule has 0 spiro atoms. The summed E-state index contributed by atoms with van der Waals surface area (Å²) in [5.41, 5.74) is 9.68. The Morgan fingerprint density at radius 1 is 0.950 bits per heavy atom. The van der Waals surface area contributed by atoms with Crippen molar-refractivity contribution in [2.75, 3.05) is 17.5 Å². The molecule has 0 amide bonds. The Kier molecular flexibility index (Phi) is 2.57. The predicted molar refractivity (Wildman–Crippen MR) is 78.2 cm³/mol. The van der Waals surface area contributed by atoms with Gasteiger partial charge in [-0.15, -0.1) is 5.12 Å². The zero-order valence-electron chi connectivity index (χ0n) is 10.8. The van der Waals surface area contributed by atoms with Gasteiger partial charge < -0.3 is 4.74 Å².